The van der Waals surface area contributed by atoms with Crippen molar-refractivity contribution in [1.82, 2.24) is 4.98 Å². The number of rotatable bonds is 3. The van der Waals surface area contributed by atoms with Crippen LogP contribution < -0.4 is 7.79 Å². The van der Waals surface area contributed by atoms with Crippen LogP contribution in [0.4, 0.5) is 15.6 Å². The molecule has 0 saturated heterocycles. The average molecular weight is 479 g/mol. The molecule has 2 radical (unpaired) electrons. The number of anilines is 2. The van der Waals surface area contributed by atoms with Gasteiger partial charge in [0.25, 0.3) is 0 Å². The summed E-state index contributed by atoms with van der Waals surface area (Å²) in [7, 11) is 0. The topological polar surface area (TPSA) is 42.4 Å². The van der Waals surface area contributed by atoms with Gasteiger partial charge in [-0.05, 0) is 0 Å². The van der Waals surface area contributed by atoms with Gasteiger partial charge < -0.3 is 0 Å². The molecule has 1 heterocycles. The molecule has 0 fully saturated rings. The van der Waals surface area contributed by atoms with Crippen LogP contribution in [0.5, 0.6) is 0 Å². The molecule has 2 rings (SSSR count). The molecule has 0 saturated carbocycles. The number of thiazole rings is 1. The first kappa shape index (κ1) is 21.2. The molecule has 0 aliphatic rings. The number of hydrogen-bond acceptors (Lipinski definition) is 4. The molecule has 0 N–H and O–H groups in total. The third-order valence-electron chi connectivity index (χ3n) is 3.22. The summed E-state index contributed by atoms with van der Waals surface area (Å²) in [6, 6.07) is 6.10. The fraction of sp³-hybridized carbons (Fsp3) is 0.500. The number of benzene rings is 1. The zero-order chi connectivity index (χ0) is 19.7. The molecule has 4 nitrogen and oxygen atoms in total. The maximum atomic E-state index is 13.0. The van der Waals surface area contributed by atoms with Gasteiger partial charge in [0.1, 0.15) is 0 Å². The number of carbonyl (C=O) groups is 1. The molecule has 0 unspecified atom stereocenters. The van der Waals surface area contributed by atoms with Crippen molar-refractivity contribution < 1.29 is 9.53 Å². The third-order valence-corrected chi connectivity index (χ3v) is 8.79. The molecule has 0 atom stereocenters. The summed E-state index contributed by atoms with van der Waals surface area (Å²) in [5, 5.41) is 0.685. The van der Waals surface area contributed by atoms with Crippen molar-refractivity contribution in [2.75, 3.05) is 4.90 Å². The van der Waals surface area contributed by atoms with Crippen LogP contribution >= 0.6 is 11.3 Å². The van der Waals surface area contributed by atoms with Crippen molar-refractivity contribution in [2.45, 2.75) is 64.4 Å². The van der Waals surface area contributed by atoms with Crippen molar-refractivity contribution in [3.63, 3.8) is 0 Å². The fourth-order valence-corrected chi connectivity index (χ4v) is 8.96. The van der Waals surface area contributed by atoms with Gasteiger partial charge in [-0.3, -0.25) is 0 Å². The SMILES string of the molecule is Cc1cc(C)cc(N(C(=O)OC(C)(C)C)c2nc[c]([Sn][C](C)(C)C)s2)c1. The summed E-state index contributed by atoms with van der Waals surface area (Å²) in [6.45, 7) is 16.5. The summed E-state index contributed by atoms with van der Waals surface area (Å²) in [6.07, 6.45) is 1.56. The molecule has 1 aromatic carbocycles. The van der Waals surface area contributed by atoms with E-state index in [0.717, 1.165) is 16.8 Å². The molecule has 6 heteroatoms. The van der Waals surface area contributed by atoms with Gasteiger partial charge in [-0.15, -0.1) is 0 Å². The fourth-order valence-electron chi connectivity index (χ4n) is 2.48. The second-order valence-corrected chi connectivity index (χ2v) is 17.1. The Labute approximate surface area is 171 Å². The van der Waals surface area contributed by atoms with E-state index < -0.39 is 26.7 Å². The van der Waals surface area contributed by atoms with E-state index >= 15 is 0 Å². The van der Waals surface area contributed by atoms with E-state index in [1.54, 1.807) is 16.2 Å². The summed E-state index contributed by atoms with van der Waals surface area (Å²) in [4.78, 5) is 19.1. The third kappa shape index (κ3) is 6.27. The quantitative estimate of drug-likeness (QED) is 0.556. The number of aryl methyl sites for hydroxylation is 2. The Bertz CT molecular complexity index is 768. The molecule has 0 aliphatic heterocycles. The zero-order valence-corrected chi connectivity index (χ0v) is 20.6. The van der Waals surface area contributed by atoms with Crippen LogP contribution in [0.2, 0.25) is 3.43 Å². The number of amides is 1. The second kappa shape index (κ2) is 7.88. The number of nitrogens with zero attached hydrogens (tertiary/aromatic N) is 2. The normalized spacial score (nSPS) is 12.2. The first-order valence-electron chi connectivity index (χ1n) is 8.69. The van der Waals surface area contributed by atoms with Gasteiger partial charge in [-0.25, -0.2) is 0 Å². The van der Waals surface area contributed by atoms with E-state index in [0.29, 0.717) is 8.56 Å². The van der Waals surface area contributed by atoms with Gasteiger partial charge in [-0.2, -0.15) is 0 Å². The van der Waals surface area contributed by atoms with E-state index in [4.69, 9.17) is 4.74 Å². The molecule has 26 heavy (non-hydrogen) atoms. The summed E-state index contributed by atoms with van der Waals surface area (Å²) < 4.78 is 7.33. The van der Waals surface area contributed by atoms with Crippen LogP contribution in [0.15, 0.2) is 24.4 Å². The summed E-state index contributed by atoms with van der Waals surface area (Å²) >= 11 is 0.849. The van der Waals surface area contributed by atoms with E-state index in [1.807, 2.05) is 52.9 Å². The molecule has 0 bridgehead atoms. The minimum atomic E-state index is -0.769. The molecular weight excluding hydrogens is 451 g/mol. The van der Waals surface area contributed by atoms with E-state index in [2.05, 4.69) is 31.8 Å². The average Bonchev–Trinajstić information content (AvgIpc) is 2.81. The Morgan fingerprint density at radius 3 is 2.15 bits per heavy atom. The van der Waals surface area contributed by atoms with E-state index in [1.165, 1.54) is 2.89 Å². The van der Waals surface area contributed by atoms with Crippen LogP contribution in [-0.2, 0) is 4.74 Å². The van der Waals surface area contributed by atoms with Crippen LogP contribution in [0.1, 0.15) is 52.7 Å². The monoisotopic (exact) mass is 480 g/mol. The van der Waals surface area contributed by atoms with Crippen molar-refractivity contribution in [3.05, 3.63) is 35.5 Å². The van der Waals surface area contributed by atoms with Crippen molar-refractivity contribution in [1.29, 1.82) is 0 Å². The Hall–Kier alpha value is -1.08. The van der Waals surface area contributed by atoms with E-state index in [-0.39, 0.29) is 6.09 Å². The first-order chi connectivity index (χ1) is 11.8. The summed E-state index contributed by atoms with van der Waals surface area (Å²) in [5.41, 5.74) is 2.46. The van der Waals surface area contributed by atoms with Gasteiger partial charge in [-0.1, -0.05) is 0 Å². The number of aromatic nitrogens is 1. The number of carbonyl (C=O) groups excluding carboxylic acids is 1. The molecule has 1 amide bonds. The number of ether oxygens (including phenoxy) is 1. The summed E-state index contributed by atoms with van der Waals surface area (Å²) in [5.74, 6) is 0. The standard InChI is InChI=1S/C16H19N2O2S.C4H9.Sn/c1-11-8-12(2)10-13(9-11)18(14-17-6-7-21-14)15(19)20-16(3,4)5;1-4(2)3;/h6,8-10H,1-5H3;1-3H3;. The Balaban J connectivity index is 2.45. The molecule has 0 aliphatic carbocycles. The van der Waals surface area contributed by atoms with Gasteiger partial charge in [0.2, 0.25) is 0 Å². The van der Waals surface area contributed by atoms with Gasteiger partial charge in [0.15, 0.2) is 0 Å². The van der Waals surface area contributed by atoms with Crippen molar-refractivity contribution >= 4 is 52.3 Å². The van der Waals surface area contributed by atoms with Gasteiger partial charge in [0.05, 0.1) is 0 Å². The van der Waals surface area contributed by atoms with Crippen LogP contribution in [0.3, 0.4) is 0 Å². The predicted molar refractivity (Wildman–Crippen MR) is 112 cm³/mol. The molecule has 140 valence electrons. The number of hydrogen-bond donors (Lipinski definition) is 0. The van der Waals surface area contributed by atoms with Crippen molar-refractivity contribution in [2.24, 2.45) is 0 Å². The van der Waals surface area contributed by atoms with E-state index in [9.17, 15) is 4.79 Å². The molecular formula is C20H28N2O2SSn. The molecule has 2 aromatic rings. The maximum absolute atomic E-state index is 13.0. The first-order valence-corrected chi connectivity index (χ1v) is 12.4. The molecule has 0 spiro atoms. The van der Waals surface area contributed by atoms with Crippen LogP contribution in [0.25, 0.3) is 0 Å². The minimum absolute atomic E-state index is 0.337. The second-order valence-electron chi connectivity index (χ2n) is 8.54. The Morgan fingerprint density at radius 2 is 1.65 bits per heavy atom. The Morgan fingerprint density at radius 1 is 1.08 bits per heavy atom. The predicted octanol–water partition coefficient (Wildman–Crippen LogP) is 5.38. The zero-order valence-electron chi connectivity index (χ0n) is 16.9. The van der Waals surface area contributed by atoms with Crippen molar-refractivity contribution in [3.8, 4) is 0 Å². The van der Waals surface area contributed by atoms with Crippen LogP contribution in [0, 0.1) is 13.8 Å². The molecule has 1 aromatic heterocycles. The van der Waals surface area contributed by atoms with Gasteiger partial charge >= 0.3 is 172 Å². The Kier molecular flexibility index (Phi) is 6.44. The van der Waals surface area contributed by atoms with Gasteiger partial charge in [0, 0.05) is 0 Å². The van der Waals surface area contributed by atoms with Crippen LogP contribution in [-0.4, -0.2) is 37.8 Å².